The van der Waals surface area contributed by atoms with Crippen molar-refractivity contribution >= 4 is 17.7 Å². The average Bonchev–Trinajstić information content (AvgIpc) is 2.66. The molecule has 0 aliphatic carbocycles. The lowest BCUT2D eigenvalue weighted by Gasteiger charge is -2.11. The second-order valence-corrected chi connectivity index (χ2v) is 4.36. The van der Waals surface area contributed by atoms with Crippen molar-refractivity contribution in [1.29, 1.82) is 0 Å². The maximum atomic E-state index is 11.1. The van der Waals surface area contributed by atoms with Crippen LogP contribution in [0.15, 0.2) is 24.3 Å². The largest absolute Gasteiger partial charge is 0.494 e. The summed E-state index contributed by atoms with van der Waals surface area (Å²) >= 11 is 1.61. The van der Waals surface area contributed by atoms with Gasteiger partial charge in [0.15, 0.2) is 0 Å². The SMILES string of the molecule is CCOc1cccc(C2NC(=O)CS2)c1. The Labute approximate surface area is 93.2 Å². The molecular weight excluding hydrogens is 210 g/mol. The van der Waals surface area contributed by atoms with Crippen LogP contribution in [0.5, 0.6) is 5.75 Å². The van der Waals surface area contributed by atoms with Crippen LogP contribution >= 0.6 is 11.8 Å². The predicted molar refractivity (Wildman–Crippen MR) is 61.0 cm³/mol. The quantitative estimate of drug-likeness (QED) is 0.851. The molecule has 3 nitrogen and oxygen atoms in total. The van der Waals surface area contributed by atoms with Crippen LogP contribution in [-0.2, 0) is 4.79 Å². The molecule has 1 fully saturated rings. The number of ether oxygens (including phenoxy) is 1. The number of carbonyl (C=O) groups excluding carboxylic acids is 1. The summed E-state index contributed by atoms with van der Waals surface area (Å²) in [5, 5.41) is 2.99. The van der Waals surface area contributed by atoms with Crippen LogP contribution in [0, 0.1) is 0 Å². The molecule has 0 spiro atoms. The Morgan fingerprint density at radius 2 is 2.47 bits per heavy atom. The zero-order chi connectivity index (χ0) is 10.7. The second-order valence-electron chi connectivity index (χ2n) is 3.26. The Hall–Kier alpha value is -1.16. The summed E-state index contributed by atoms with van der Waals surface area (Å²) in [5.74, 6) is 1.51. The zero-order valence-corrected chi connectivity index (χ0v) is 9.34. The van der Waals surface area contributed by atoms with Gasteiger partial charge in [-0.2, -0.15) is 0 Å². The van der Waals surface area contributed by atoms with Gasteiger partial charge in [0, 0.05) is 0 Å². The number of hydrogen-bond acceptors (Lipinski definition) is 3. The molecule has 0 aromatic heterocycles. The van der Waals surface area contributed by atoms with Gasteiger partial charge in [-0.05, 0) is 24.6 Å². The third kappa shape index (κ3) is 2.45. The van der Waals surface area contributed by atoms with E-state index in [0.717, 1.165) is 11.3 Å². The molecule has 1 aromatic carbocycles. The normalized spacial score (nSPS) is 20.1. The third-order valence-corrected chi connectivity index (χ3v) is 3.30. The number of thioether (sulfide) groups is 1. The van der Waals surface area contributed by atoms with Gasteiger partial charge in [0.25, 0.3) is 0 Å². The first-order valence-electron chi connectivity index (χ1n) is 4.93. The number of nitrogens with one attached hydrogen (secondary N) is 1. The summed E-state index contributed by atoms with van der Waals surface area (Å²) in [6, 6.07) is 7.86. The van der Waals surface area contributed by atoms with Gasteiger partial charge in [-0.1, -0.05) is 12.1 Å². The maximum absolute atomic E-state index is 11.1. The minimum atomic E-state index is 0.0814. The molecular formula is C11H13NO2S. The van der Waals surface area contributed by atoms with Crippen LogP contribution in [0.25, 0.3) is 0 Å². The fraction of sp³-hybridized carbons (Fsp3) is 0.364. The summed E-state index contributed by atoms with van der Waals surface area (Å²) < 4.78 is 5.41. The monoisotopic (exact) mass is 223 g/mol. The van der Waals surface area contributed by atoms with Gasteiger partial charge in [-0.3, -0.25) is 4.79 Å². The third-order valence-electron chi connectivity index (χ3n) is 2.15. The smallest absolute Gasteiger partial charge is 0.231 e. The molecule has 4 heteroatoms. The van der Waals surface area contributed by atoms with E-state index in [-0.39, 0.29) is 11.3 Å². The van der Waals surface area contributed by atoms with Gasteiger partial charge >= 0.3 is 0 Å². The van der Waals surface area contributed by atoms with Gasteiger partial charge < -0.3 is 10.1 Å². The molecule has 15 heavy (non-hydrogen) atoms. The Morgan fingerprint density at radius 1 is 1.60 bits per heavy atom. The van der Waals surface area contributed by atoms with E-state index in [1.54, 1.807) is 11.8 Å². The van der Waals surface area contributed by atoms with Crippen molar-refractivity contribution in [1.82, 2.24) is 5.32 Å². The van der Waals surface area contributed by atoms with Crippen LogP contribution in [0.2, 0.25) is 0 Å². The van der Waals surface area contributed by atoms with Gasteiger partial charge in [0.05, 0.1) is 12.4 Å². The summed E-state index contributed by atoms with van der Waals surface area (Å²) in [5.41, 5.74) is 1.09. The maximum Gasteiger partial charge on any atom is 0.231 e. The first-order valence-corrected chi connectivity index (χ1v) is 5.98. The second kappa shape index (κ2) is 4.57. The molecule has 0 bridgehead atoms. The van der Waals surface area contributed by atoms with Crippen molar-refractivity contribution in [2.75, 3.05) is 12.4 Å². The van der Waals surface area contributed by atoms with E-state index < -0.39 is 0 Å². The van der Waals surface area contributed by atoms with Crippen molar-refractivity contribution in [3.8, 4) is 5.75 Å². The first kappa shape index (κ1) is 10.4. The predicted octanol–water partition coefficient (Wildman–Crippen LogP) is 1.95. The summed E-state index contributed by atoms with van der Waals surface area (Å²) in [6.07, 6.45) is 0. The molecule has 1 unspecified atom stereocenters. The molecule has 1 saturated heterocycles. The molecule has 2 rings (SSSR count). The van der Waals surface area contributed by atoms with Crippen LogP contribution in [-0.4, -0.2) is 18.3 Å². The number of amides is 1. The molecule has 1 amide bonds. The standard InChI is InChI=1S/C11H13NO2S/c1-2-14-9-5-3-4-8(6-9)11-12-10(13)7-15-11/h3-6,11H,2,7H2,1H3,(H,12,13). The molecule has 1 atom stereocenters. The Morgan fingerprint density at radius 3 is 3.13 bits per heavy atom. The van der Waals surface area contributed by atoms with E-state index in [4.69, 9.17) is 4.74 Å². The molecule has 0 radical (unpaired) electrons. The minimum Gasteiger partial charge on any atom is -0.494 e. The van der Waals surface area contributed by atoms with Gasteiger partial charge in [0.2, 0.25) is 5.91 Å². The van der Waals surface area contributed by atoms with Crippen LogP contribution in [0.1, 0.15) is 17.9 Å². The lowest BCUT2D eigenvalue weighted by molar-refractivity contribution is -0.118. The van der Waals surface area contributed by atoms with Crippen LogP contribution in [0.4, 0.5) is 0 Å². The summed E-state index contributed by atoms with van der Waals surface area (Å²) in [7, 11) is 0. The fourth-order valence-electron chi connectivity index (χ4n) is 1.50. The van der Waals surface area contributed by atoms with Gasteiger partial charge in [-0.15, -0.1) is 11.8 Å². The van der Waals surface area contributed by atoms with Crippen LogP contribution in [0.3, 0.4) is 0 Å². The van der Waals surface area contributed by atoms with E-state index in [2.05, 4.69) is 5.32 Å². The fourth-order valence-corrected chi connectivity index (χ4v) is 2.46. The highest BCUT2D eigenvalue weighted by molar-refractivity contribution is 8.00. The lowest BCUT2D eigenvalue weighted by Crippen LogP contribution is -2.18. The molecule has 1 aromatic rings. The number of benzene rings is 1. The highest BCUT2D eigenvalue weighted by Gasteiger charge is 2.22. The van der Waals surface area contributed by atoms with Crippen molar-refractivity contribution in [2.24, 2.45) is 0 Å². The number of carbonyl (C=O) groups is 1. The van der Waals surface area contributed by atoms with E-state index in [1.165, 1.54) is 0 Å². The highest BCUT2D eigenvalue weighted by Crippen LogP contribution is 2.31. The first-order chi connectivity index (χ1) is 7.29. The summed E-state index contributed by atoms with van der Waals surface area (Å²) in [6.45, 7) is 2.62. The lowest BCUT2D eigenvalue weighted by atomic mass is 10.2. The highest BCUT2D eigenvalue weighted by atomic mass is 32.2. The van der Waals surface area contributed by atoms with Crippen LogP contribution < -0.4 is 10.1 Å². The van der Waals surface area contributed by atoms with Gasteiger partial charge in [-0.25, -0.2) is 0 Å². The number of rotatable bonds is 3. The Kier molecular flexibility index (Phi) is 3.16. The van der Waals surface area contributed by atoms with E-state index in [0.29, 0.717) is 12.4 Å². The van der Waals surface area contributed by atoms with E-state index in [1.807, 2.05) is 31.2 Å². The molecule has 0 saturated carbocycles. The molecule has 1 aliphatic rings. The minimum absolute atomic E-state index is 0.0814. The molecule has 1 aliphatic heterocycles. The Balaban J connectivity index is 2.14. The van der Waals surface area contributed by atoms with Crippen molar-refractivity contribution < 1.29 is 9.53 Å². The molecule has 1 N–H and O–H groups in total. The van der Waals surface area contributed by atoms with E-state index >= 15 is 0 Å². The zero-order valence-electron chi connectivity index (χ0n) is 8.53. The molecule has 80 valence electrons. The van der Waals surface area contributed by atoms with Crippen molar-refractivity contribution in [2.45, 2.75) is 12.3 Å². The Bertz CT molecular complexity index is 367. The van der Waals surface area contributed by atoms with Gasteiger partial charge in [0.1, 0.15) is 11.1 Å². The average molecular weight is 223 g/mol. The van der Waals surface area contributed by atoms with Crippen molar-refractivity contribution in [3.63, 3.8) is 0 Å². The van der Waals surface area contributed by atoms with E-state index in [9.17, 15) is 4.79 Å². The summed E-state index contributed by atoms with van der Waals surface area (Å²) in [4.78, 5) is 11.1. The number of hydrogen-bond donors (Lipinski definition) is 1. The topological polar surface area (TPSA) is 38.3 Å². The molecule has 1 heterocycles. The van der Waals surface area contributed by atoms with Crippen molar-refractivity contribution in [3.05, 3.63) is 29.8 Å².